The first-order valence-electron chi connectivity index (χ1n) is 10.2. The summed E-state index contributed by atoms with van der Waals surface area (Å²) in [6.45, 7) is 6.63. The number of rotatable bonds is 9. The standard InChI is InChI=1S/C24H31ClN2O2/c1-5-22(24(29)26-4)27(16-19-8-13-21(25)14-9-19)23(28)15-10-18-6-11-20(12-7-18)17(2)3/h6-9,11-14,17,22H,5,10,15-16H2,1-4H3,(H,26,29). The van der Waals surface area contributed by atoms with Crippen molar-refractivity contribution in [2.24, 2.45) is 0 Å². The van der Waals surface area contributed by atoms with E-state index in [-0.39, 0.29) is 11.8 Å². The second-order valence-electron chi connectivity index (χ2n) is 7.58. The van der Waals surface area contributed by atoms with Crippen LogP contribution in [0.5, 0.6) is 0 Å². The largest absolute Gasteiger partial charge is 0.357 e. The molecule has 0 saturated heterocycles. The average molecular weight is 415 g/mol. The minimum Gasteiger partial charge on any atom is -0.357 e. The number of hydrogen-bond donors (Lipinski definition) is 1. The summed E-state index contributed by atoms with van der Waals surface area (Å²) in [7, 11) is 1.60. The van der Waals surface area contributed by atoms with Gasteiger partial charge in [0, 0.05) is 25.0 Å². The van der Waals surface area contributed by atoms with Crippen LogP contribution in [0.2, 0.25) is 5.02 Å². The fourth-order valence-corrected chi connectivity index (χ4v) is 3.46. The average Bonchev–Trinajstić information content (AvgIpc) is 2.73. The fourth-order valence-electron chi connectivity index (χ4n) is 3.34. The van der Waals surface area contributed by atoms with Gasteiger partial charge in [0.05, 0.1) is 0 Å². The zero-order valence-electron chi connectivity index (χ0n) is 17.7. The van der Waals surface area contributed by atoms with E-state index in [1.54, 1.807) is 24.1 Å². The maximum atomic E-state index is 13.1. The number of aryl methyl sites for hydroxylation is 1. The van der Waals surface area contributed by atoms with Crippen LogP contribution in [0.25, 0.3) is 0 Å². The van der Waals surface area contributed by atoms with Crippen molar-refractivity contribution in [3.8, 4) is 0 Å². The number of nitrogens with one attached hydrogen (secondary N) is 1. The Balaban J connectivity index is 2.14. The molecule has 0 heterocycles. The highest BCUT2D eigenvalue weighted by Gasteiger charge is 2.27. The molecule has 1 unspecified atom stereocenters. The summed E-state index contributed by atoms with van der Waals surface area (Å²) in [5, 5.41) is 3.33. The molecule has 0 radical (unpaired) electrons. The SMILES string of the molecule is CCC(C(=O)NC)N(Cc1ccc(Cl)cc1)C(=O)CCc1ccc(C(C)C)cc1. The number of nitrogens with zero attached hydrogens (tertiary/aromatic N) is 1. The van der Waals surface area contributed by atoms with Crippen LogP contribution in [0, 0.1) is 0 Å². The minimum atomic E-state index is -0.494. The molecule has 0 spiro atoms. The summed E-state index contributed by atoms with van der Waals surface area (Å²) in [5.41, 5.74) is 3.36. The van der Waals surface area contributed by atoms with Crippen LogP contribution in [0.1, 0.15) is 56.2 Å². The number of hydrogen-bond acceptors (Lipinski definition) is 2. The number of carbonyl (C=O) groups is 2. The van der Waals surface area contributed by atoms with Gasteiger partial charge in [-0.15, -0.1) is 0 Å². The monoisotopic (exact) mass is 414 g/mol. The molecule has 2 rings (SSSR count). The Morgan fingerprint density at radius 2 is 1.59 bits per heavy atom. The van der Waals surface area contributed by atoms with Gasteiger partial charge in [0.25, 0.3) is 0 Å². The lowest BCUT2D eigenvalue weighted by Gasteiger charge is -2.30. The molecule has 29 heavy (non-hydrogen) atoms. The molecule has 4 nitrogen and oxygen atoms in total. The Labute approximate surface area is 179 Å². The molecular formula is C24H31ClN2O2. The zero-order chi connectivity index (χ0) is 21.4. The number of likely N-dealkylation sites (N-methyl/N-ethyl adjacent to an activating group) is 1. The molecule has 0 aliphatic rings. The van der Waals surface area contributed by atoms with Crippen molar-refractivity contribution in [3.05, 3.63) is 70.2 Å². The number of benzene rings is 2. The highest BCUT2D eigenvalue weighted by atomic mass is 35.5. The van der Waals surface area contributed by atoms with Crippen LogP contribution in [-0.4, -0.2) is 29.8 Å². The summed E-state index contributed by atoms with van der Waals surface area (Å²) in [6, 6.07) is 15.3. The van der Waals surface area contributed by atoms with Gasteiger partial charge >= 0.3 is 0 Å². The first-order valence-corrected chi connectivity index (χ1v) is 10.6. The topological polar surface area (TPSA) is 49.4 Å². The molecule has 156 valence electrons. The summed E-state index contributed by atoms with van der Waals surface area (Å²) in [4.78, 5) is 27.2. The van der Waals surface area contributed by atoms with E-state index in [0.29, 0.717) is 36.7 Å². The maximum Gasteiger partial charge on any atom is 0.242 e. The van der Waals surface area contributed by atoms with Crippen molar-refractivity contribution in [2.45, 2.75) is 58.5 Å². The van der Waals surface area contributed by atoms with Crippen molar-refractivity contribution in [3.63, 3.8) is 0 Å². The summed E-state index contributed by atoms with van der Waals surface area (Å²) < 4.78 is 0. The van der Waals surface area contributed by atoms with Crippen LogP contribution < -0.4 is 5.32 Å². The first kappa shape index (κ1) is 23.0. The van der Waals surface area contributed by atoms with Gasteiger partial charge in [-0.05, 0) is 47.6 Å². The lowest BCUT2D eigenvalue weighted by molar-refractivity contribution is -0.141. The highest BCUT2D eigenvalue weighted by molar-refractivity contribution is 6.30. The Hall–Kier alpha value is -2.33. The van der Waals surface area contributed by atoms with E-state index in [0.717, 1.165) is 11.1 Å². The lowest BCUT2D eigenvalue weighted by Crippen LogP contribution is -2.48. The van der Waals surface area contributed by atoms with Gasteiger partial charge in [0.15, 0.2) is 0 Å². The molecule has 1 N–H and O–H groups in total. The smallest absolute Gasteiger partial charge is 0.242 e. The zero-order valence-corrected chi connectivity index (χ0v) is 18.5. The van der Waals surface area contributed by atoms with Gasteiger partial charge < -0.3 is 10.2 Å². The van der Waals surface area contributed by atoms with Gasteiger partial charge in [-0.1, -0.05) is 68.8 Å². The number of halogens is 1. The molecule has 2 aromatic carbocycles. The molecule has 1 atom stereocenters. The number of carbonyl (C=O) groups excluding carboxylic acids is 2. The van der Waals surface area contributed by atoms with Gasteiger partial charge in [-0.2, -0.15) is 0 Å². The van der Waals surface area contributed by atoms with Crippen LogP contribution in [-0.2, 0) is 22.6 Å². The minimum absolute atomic E-state index is 0.0247. The third-order valence-electron chi connectivity index (χ3n) is 5.17. The predicted octanol–water partition coefficient (Wildman–Crippen LogP) is 4.95. The Morgan fingerprint density at radius 3 is 2.10 bits per heavy atom. The molecular weight excluding hydrogens is 384 g/mol. The van der Waals surface area contributed by atoms with Gasteiger partial charge in [0.1, 0.15) is 6.04 Å². The van der Waals surface area contributed by atoms with Crippen molar-refractivity contribution in [1.82, 2.24) is 10.2 Å². The van der Waals surface area contributed by atoms with E-state index < -0.39 is 6.04 Å². The molecule has 0 saturated carbocycles. The van der Waals surface area contributed by atoms with Gasteiger partial charge in [-0.3, -0.25) is 9.59 Å². The van der Waals surface area contributed by atoms with E-state index >= 15 is 0 Å². The van der Waals surface area contributed by atoms with E-state index in [9.17, 15) is 9.59 Å². The van der Waals surface area contributed by atoms with E-state index in [1.165, 1.54) is 5.56 Å². The van der Waals surface area contributed by atoms with Crippen LogP contribution in [0.3, 0.4) is 0 Å². The normalized spacial score (nSPS) is 11.9. The molecule has 2 amide bonds. The molecule has 2 aromatic rings. The van der Waals surface area contributed by atoms with Crippen LogP contribution in [0.4, 0.5) is 0 Å². The highest BCUT2D eigenvalue weighted by Crippen LogP contribution is 2.18. The number of amides is 2. The van der Waals surface area contributed by atoms with E-state index in [4.69, 9.17) is 11.6 Å². The summed E-state index contributed by atoms with van der Waals surface area (Å²) >= 11 is 5.98. The van der Waals surface area contributed by atoms with Crippen molar-refractivity contribution in [2.75, 3.05) is 7.05 Å². The second-order valence-corrected chi connectivity index (χ2v) is 8.02. The van der Waals surface area contributed by atoms with Gasteiger partial charge in [-0.25, -0.2) is 0 Å². The summed E-state index contributed by atoms with van der Waals surface area (Å²) in [6.07, 6.45) is 1.57. The molecule has 0 aliphatic heterocycles. The van der Waals surface area contributed by atoms with Crippen LogP contribution in [0.15, 0.2) is 48.5 Å². The molecule has 0 bridgehead atoms. The second kappa shape index (κ2) is 11.0. The summed E-state index contributed by atoms with van der Waals surface area (Å²) in [5.74, 6) is 0.317. The maximum absolute atomic E-state index is 13.1. The van der Waals surface area contributed by atoms with Crippen molar-refractivity contribution >= 4 is 23.4 Å². The van der Waals surface area contributed by atoms with Crippen molar-refractivity contribution < 1.29 is 9.59 Å². The van der Waals surface area contributed by atoms with E-state index in [1.807, 2.05) is 19.1 Å². The first-order chi connectivity index (χ1) is 13.8. The Bertz CT molecular complexity index is 801. The molecule has 5 heteroatoms. The third-order valence-corrected chi connectivity index (χ3v) is 5.42. The Morgan fingerprint density at radius 1 is 1.00 bits per heavy atom. The predicted molar refractivity (Wildman–Crippen MR) is 119 cm³/mol. The Kier molecular flexibility index (Phi) is 8.71. The van der Waals surface area contributed by atoms with Crippen LogP contribution >= 0.6 is 11.6 Å². The molecule has 0 fully saturated rings. The fraction of sp³-hybridized carbons (Fsp3) is 0.417. The molecule has 0 aliphatic carbocycles. The molecule has 0 aromatic heterocycles. The van der Waals surface area contributed by atoms with E-state index in [2.05, 4.69) is 43.4 Å². The van der Waals surface area contributed by atoms with Gasteiger partial charge in [0.2, 0.25) is 11.8 Å². The lowest BCUT2D eigenvalue weighted by atomic mass is 10.00. The quantitative estimate of drug-likeness (QED) is 0.631. The van der Waals surface area contributed by atoms with Crippen molar-refractivity contribution in [1.29, 1.82) is 0 Å². The third kappa shape index (κ3) is 6.60.